The lowest BCUT2D eigenvalue weighted by atomic mass is 10.1. The molecule has 1 heterocycles. The minimum absolute atomic E-state index is 0.00341. The molecule has 3 amide bonds. The topological polar surface area (TPSA) is 69.7 Å². The number of para-hydroxylation sites is 1. The Labute approximate surface area is 165 Å². The molecule has 146 valence electrons. The Balaban J connectivity index is 1.45. The summed E-state index contributed by atoms with van der Waals surface area (Å²) in [6, 6.07) is 15.1. The molecule has 0 fully saturated rings. The van der Waals surface area contributed by atoms with E-state index in [4.69, 9.17) is 0 Å². The van der Waals surface area contributed by atoms with Gasteiger partial charge in [0.2, 0.25) is 11.8 Å². The van der Waals surface area contributed by atoms with Crippen LogP contribution >= 0.6 is 0 Å². The van der Waals surface area contributed by atoms with E-state index >= 15 is 0 Å². The average molecular weight is 379 g/mol. The summed E-state index contributed by atoms with van der Waals surface area (Å²) in [7, 11) is 3.42. The Morgan fingerprint density at radius 3 is 2.46 bits per heavy atom. The molecular formula is C22H25N3O3. The standard InChI is InChI=1S/C22H25N3O3/c1-24(2)22(28)18-10-7-16(8-11-18)9-12-20(26)23-15-21(27)25-14-13-17-5-3-4-6-19(17)25/h3-8,10-11H,9,12-15H2,1-2H3,(H,23,26). The molecule has 0 radical (unpaired) electrons. The summed E-state index contributed by atoms with van der Waals surface area (Å²) >= 11 is 0. The van der Waals surface area contributed by atoms with Crippen LogP contribution in [0.2, 0.25) is 0 Å². The summed E-state index contributed by atoms with van der Waals surface area (Å²) in [4.78, 5) is 39.7. The molecule has 1 aliphatic rings. The van der Waals surface area contributed by atoms with Crippen molar-refractivity contribution in [2.45, 2.75) is 19.3 Å². The second kappa shape index (κ2) is 8.69. The van der Waals surface area contributed by atoms with E-state index in [0.717, 1.165) is 17.7 Å². The van der Waals surface area contributed by atoms with E-state index in [-0.39, 0.29) is 24.3 Å². The van der Waals surface area contributed by atoms with E-state index in [1.807, 2.05) is 36.4 Å². The summed E-state index contributed by atoms with van der Waals surface area (Å²) in [5.41, 5.74) is 3.70. The highest BCUT2D eigenvalue weighted by atomic mass is 16.2. The number of fused-ring (bicyclic) bond motifs is 1. The van der Waals surface area contributed by atoms with E-state index in [1.165, 1.54) is 10.5 Å². The molecular weight excluding hydrogens is 354 g/mol. The second-order valence-electron chi connectivity index (χ2n) is 7.10. The molecule has 2 aromatic carbocycles. The quantitative estimate of drug-likeness (QED) is 0.835. The third kappa shape index (κ3) is 4.57. The molecule has 1 aliphatic heterocycles. The number of rotatable bonds is 6. The fourth-order valence-electron chi connectivity index (χ4n) is 3.29. The first-order valence-electron chi connectivity index (χ1n) is 9.41. The third-order valence-corrected chi connectivity index (χ3v) is 4.87. The van der Waals surface area contributed by atoms with Crippen molar-refractivity contribution < 1.29 is 14.4 Å². The van der Waals surface area contributed by atoms with Crippen molar-refractivity contribution in [1.29, 1.82) is 0 Å². The molecule has 28 heavy (non-hydrogen) atoms. The van der Waals surface area contributed by atoms with E-state index in [1.54, 1.807) is 31.1 Å². The van der Waals surface area contributed by atoms with E-state index in [0.29, 0.717) is 24.9 Å². The van der Waals surface area contributed by atoms with E-state index < -0.39 is 0 Å². The fourth-order valence-corrected chi connectivity index (χ4v) is 3.29. The van der Waals surface area contributed by atoms with Crippen LogP contribution in [0.4, 0.5) is 5.69 Å². The van der Waals surface area contributed by atoms with Gasteiger partial charge in [-0.25, -0.2) is 0 Å². The van der Waals surface area contributed by atoms with Crippen LogP contribution in [0.15, 0.2) is 48.5 Å². The highest BCUT2D eigenvalue weighted by molar-refractivity contribution is 5.98. The monoisotopic (exact) mass is 379 g/mol. The maximum atomic E-state index is 12.4. The number of aryl methyl sites for hydroxylation is 1. The van der Waals surface area contributed by atoms with Gasteiger partial charge in [-0.3, -0.25) is 14.4 Å². The van der Waals surface area contributed by atoms with Crippen molar-refractivity contribution >= 4 is 23.4 Å². The second-order valence-corrected chi connectivity index (χ2v) is 7.10. The largest absolute Gasteiger partial charge is 0.347 e. The predicted octanol–water partition coefficient (Wildman–Crippen LogP) is 2.03. The van der Waals surface area contributed by atoms with Crippen LogP contribution in [0.1, 0.15) is 27.9 Å². The number of hydrogen-bond donors (Lipinski definition) is 1. The number of anilines is 1. The van der Waals surface area contributed by atoms with Crippen molar-refractivity contribution in [2.75, 3.05) is 32.1 Å². The first-order valence-corrected chi connectivity index (χ1v) is 9.41. The molecule has 1 N–H and O–H groups in total. The Bertz CT molecular complexity index is 875. The van der Waals surface area contributed by atoms with Gasteiger partial charge in [0, 0.05) is 38.3 Å². The van der Waals surface area contributed by atoms with Gasteiger partial charge in [-0.15, -0.1) is 0 Å². The van der Waals surface area contributed by atoms with Crippen LogP contribution in [-0.2, 0) is 22.4 Å². The summed E-state index contributed by atoms with van der Waals surface area (Å²) in [5.74, 6) is -0.301. The number of benzene rings is 2. The average Bonchev–Trinajstić information content (AvgIpc) is 3.14. The molecule has 2 aromatic rings. The smallest absolute Gasteiger partial charge is 0.253 e. The van der Waals surface area contributed by atoms with Crippen molar-refractivity contribution in [2.24, 2.45) is 0 Å². The number of nitrogens with one attached hydrogen (secondary N) is 1. The van der Waals surface area contributed by atoms with Gasteiger partial charge in [-0.2, -0.15) is 0 Å². The zero-order chi connectivity index (χ0) is 20.1. The van der Waals surface area contributed by atoms with Gasteiger partial charge in [0.15, 0.2) is 0 Å². The summed E-state index contributed by atoms with van der Waals surface area (Å²) in [6.07, 6.45) is 1.70. The number of carbonyl (C=O) groups excluding carboxylic acids is 3. The minimum atomic E-state index is -0.158. The Hall–Kier alpha value is -3.15. The van der Waals surface area contributed by atoms with E-state index in [2.05, 4.69) is 5.32 Å². The van der Waals surface area contributed by atoms with Crippen LogP contribution in [0, 0.1) is 0 Å². The third-order valence-electron chi connectivity index (χ3n) is 4.87. The molecule has 0 atom stereocenters. The summed E-state index contributed by atoms with van der Waals surface area (Å²) in [6.45, 7) is 0.662. The maximum absolute atomic E-state index is 12.4. The van der Waals surface area contributed by atoms with Crippen LogP contribution in [0.5, 0.6) is 0 Å². The SMILES string of the molecule is CN(C)C(=O)c1ccc(CCC(=O)NCC(=O)N2CCc3ccccc32)cc1. The number of carbonyl (C=O) groups is 3. The number of hydrogen-bond acceptors (Lipinski definition) is 3. The molecule has 0 unspecified atom stereocenters. The summed E-state index contributed by atoms with van der Waals surface area (Å²) < 4.78 is 0. The minimum Gasteiger partial charge on any atom is -0.347 e. The van der Waals surface area contributed by atoms with Crippen LogP contribution in [0.25, 0.3) is 0 Å². The molecule has 3 rings (SSSR count). The molecule has 0 spiro atoms. The van der Waals surface area contributed by atoms with Crippen molar-refractivity contribution in [1.82, 2.24) is 10.2 Å². The zero-order valence-electron chi connectivity index (χ0n) is 16.3. The van der Waals surface area contributed by atoms with Crippen LogP contribution in [-0.4, -0.2) is 49.8 Å². The molecule has 0 bridgehead atoms. The number of nitrogens with zero attached hydrogens (tertiary/aromatic N) is 2. The van der Waals surface area contributed by atoms with Gasteiger partial charge < -0.3 is 15.1 Å². The predicted molar refractivity (Wildman–Crippen MR) is 108 cm³/mol. The highest BCUT2D eigenvalue weighted by Crippen LogP contribution is 2.27. The Morgan fingerprint density at radius 2 is 1.75 bits per heavy atom. The maximum Gasteiger partial charge on any atom is 0.253 e. The van der Waals surface area contributed by atoms with Gasteiger partial charge >= 0.3 is 0 Å². The van der Waals surface area contributed by atoms with Gasteiger partial charge in [-0.05, 0) is 42.2 Å². The van der Waals surface area contributed by atoms with Gasteiger partial charge in [0.1, 0.15) is 0 Å². The normalized spacial score (nSPS) is 12.4. The van der Waals surface area contributed by atoms with Gasteiger partial charge in [-0.1, -0.05) is 30.3 Å². The van der Waals surface area contributed by atoms with Crippen LogP contribution in [0.3, 0.4) is 0 Å². The molecule has 0 aromatic heterocycles. The summed E-state index contributed by atoms with van der Waals surface area (Å²) in [5, 5.41) is 2.71. The molecule has 6 heteroatoms. The van der Waals surface area contributed by atoms with Gasteiger partial charge in [0.25, 0.3) is 5.91 Å². The first-order chi connectivity index (χ1) is 13.5. The van der Waals surface area contributed by atoms with Crippen molar-refractivity contribution in [3.63, 3.8) is 0 Å². The zero-order valence-corrected chi connectivity index (χ0v) is 16.3. The molecule has 6 nitrogen and oxygen atoms in total. The van der Waals surface area contributed by atoms with E-state index in [9.17, 15) is 14.4 Å². The Kier molecular flexibility index (Phi) is 6.09. The lowest BCUT2D eigenvalue weighted by Crippen LogP contribution is -2.39. The molecule has 0 saturated heterocycles. The van der Waals surface area contributed by atoms with Crippen molar-refractivity contribution in [3.8, 4) is 0 Å². The van der Waals surface area contributed by atoms with Crippen LogP contribution < -0.4 is 10.2 Å². The number of amides is 3. The molecule has 0 saturated carbocycles. The highest BCUT2D eigenvalue weighted by Gasteiger charge is 2.24. The molecule has 0 aliphatic carbocycles. The Morgan fingerprint density at radius 1 is 1.04 bits per heavy atom. The van der Waals surface area contributed by atoms with Crippen molar-refractivity contribution in [3.05, 3.63) is 65.2 Å². The van der Waals surface area contributed by atoms with Gasteiger partial charge in [0.05, 0.1) is 6.54 Å². The fraction of sp³-hybridized carbons (Fsp3) is 0.318. The lowest BCUT2D eigenvalue weighted by Gasteiger charge is -2.17. The lowest BCUT2D eigenvalue weighted by molar-refractivity contribution is -0.124. The first kappa shape index (κ1) is 19.6.